The van der Waals surface area contributed by atoms with Gasteiger partial charge >= 0.3 is 5.97 Å². The van der Waals surface area contributed by atoms with E-state index in [-0.39, 0.29) is 30.9 Å². The summed E-state index contributed by atoms with van der Waals surface area (Å²) >= 11 is 0. The fraction of sp³-hybridized carbons (Fsp3) is 0.500. The Bertz CT molecular complexity index is 470. The third kappa shape index (κ3) is 5.10. The van der Waals surface area contributed by atoms with Crippen molar-refractivity contribution in [3.8, 4) is 5.75 Å². The second kappa shape index (κ2) is 7.67. The largest absolute Gasteiger partial charge is 0.484 e. The van der Waals surface area contributed by atoms with Crippen molar-refractivity contribution >= 4 is 11.9 Å². The first-order valence-corrected chi connectivity index (χ1v) is 7.33. The van der Waals surface area contributed by atoms with Gasteiger partial charge in [-0.1, -0.05) is 18.2 Å². The molecular weight excluding hydrogens is 270 g/mol. The van der Waals surface area contributed by atoms with E-state index in [0.29, 0.717) is 18.9 Å². The Kier molecular flexibility index (Phi) is 5.60. The standard InChI is InChI=1S/C16H21NO4/c1-2-20-16(19)10-11-17(13-8-9-13)15(18)12-21-14-6-4-3-5-7-14/h3-7,13H,2,8-12H2,1H3. The van der Waals surface area contributed by atoms with Crippen LogP contribution < -0.4 is 4.74 Å². The minimum absolute atomic E-state index is 0.00331. The molecule has 1 saturated carbocycles. The summed E-state index contributed by atoms with van der Waals surface area (Å²) < 4.78 is 10.4. The van der Waals surface area contributed by atoms with Gasteiger partial charge in [0.2, 0.25) is 0 Å². The minimum atomic E-state index is -0.264. The van der Waals surface area contributed by atoms with Crippen LogP contribution in [0, 0.1) is 0 Å². The van der Waals surface area contributed by atoms with Crippen LogP contribution in [0.5, 0.6) is 5.75 Å². The van der Waals surface area contributed by atoms with Crippen LogP contribution in [0.15, 0.2) is 30.3 Å². The van der Waals surface area contributed by atoms with Crippen LogP contribution in [-0.4, -0.2) is 42.6 Å². The van der Waals surface area contributed by atoms with E-state index in [2.05, 4.69) is 0 Å². The minimum Gasteiger partial charge on any atom is -0.484 e. The van der Waals surface area contributed by atoms with Crippen molar-refractivity contribution in [3.05, 3.63) is 30.3 Å². The Labute approximate surface area is 124 Å². The summed E-state index contributed by atoms with van der Waals surface area (Å²) in [6.07, 6.45) is 2.24. The van der Waals surface area contributed by atoms with Crippen LogP contribution >= 0.6 is 0 Å². The molecule has 1 aromatic carbocycles. The van der Waals surface area contributed by atoms with Gasteiger partial charge in [-0.2, -0.15) is 0 Å². The third-order valence-corrected chi connectivity index (χ3v) is 3.28. The molecule has 0 saturated heterocycles. The van der Waals surface area contributed by atoms with E-state index in [4.69, 9.17) is 9.47 Å². The van der Waals surface area contributed by atoms with Crippen molar-refractivity contribution in [1.82, 2.24) is 4.90 Å². The number of benzene rings is 1. The highest BCUT2D eigenvalue weighted by atomic mass is 16.5. The number of carbonyl (C=O) groups is 2. The van der Waals surface area contributed by atoms with Crippen molar-refractivity contribution in [3.63, 3.8) is 0 Å². The molecule has 1 fully saturated rings. The Morgan fingerprint density at radius 2 is 1.95 bits per heavy atom. The number of hydrogen-bond donors (Lipinski definition) is 0. The van der Waals surface area contributed by atoms with Crippen LogP contribution in [0.3, 0.4) is 0 Å². The zero-order valence-corrected chi connectivity index (χ0v) is 12.3. The van der Waals surface area contributed by atoms with E-state index in [0.717, 1.165) is 12.8 Å². The summed E-state index contributed by atoms with van der Waals surface area (Å²) in [5, 5.41) is 0. The molecule has 0 atom stereocenters. The van der Waals surface area contributed by atoms with Gasteiger partial charge in [0.15, 0.2) is 6.61 Å². The van der Waals surface area contributed by atoms with E-state index < -0.39 is 0 Å². The molecule has 5 heteroatoms. The van der Waals surface area contributed by atoms with Crippen LogP contribution in [0.1, 0.15) is 26.2 Å². The lowest BCUT2D eigenvalue weighted by Gasteiger charge is -2.22. The zero-order valence-electron chi connectivity index (χ0n) is 12.3. The molecular formula is C16H21NO4. The summed E-state index contributed by atoms with van der Waals surface area (Å²) in [5.74, 6) is 0.331. The molecule has 114 valence electrons. The molecule has 2 rings (SSSR count). The number of amides is 1. The monoisotopic (exact) mass is 291 g/mol. The highest BCUT2D eigenvalue weighted by Crippen LogP contribution is 2.27. The lowest BCUT2D eigenvalue weighted by Crippen LogP contribution is -2.38. The fourth-order valence-electron chi connectivity index (χ4n) is 2.09. The van der Waals surface area contributed by atoms with Gasteiger partial charge in [-0.15, -0.1) is 0 Å². The number of nitrogens with zero attached hydrogens (tertiary/aromatic N) is 1. The first kappa shape index (κ1) is 15.4. The second-order valence-corrected chi connectivity index (χ2v) is 4.98. The van der Waals surface area contributed by atoms with E-state index >= 15 is 0 Å². The van der Waals surface area contributed by atoms with Gasteiger partial charge in [0.25, 0.3) is 5.91 Å². The van der Waals surface area contributed by atoms with E-state index in [1.165, 1.54) is 0 Å². The summed E-state index contributed by atoms with van der Waals surface area (Å²) in [6.45, 7) is 2.55. The molecule has 0 aliphatic heterocycles. The van der Waals surface area contributed by atoms with Gasteiger partial charge in [0.1, 0.15) is 5.75 Å². The predicted molar refractivity (Wildman–Crippen MR) is 77.9 cm³/mol. The van der Waals surface area contributed by atoms with Crippen molar-refractivity contribution in [1.29, 1.82) is 0 Å². The molecule has 21 heavy (non-hydrogen) atoms. The fourth-order valence-corrected chi connectivity index (χ4v) is 2.09. The van der Waals surface area contributed by atoms with Gasteiger partial charge in [0.05, 0.1) is 13.0 Å². The van der Waals surface area contributed by atoms with Gasteiger partial charge in [-0.05, 0) is 31.9 Å². The Hall–Kier alpha value is -2.04. The van der Waals surface area contributed by atoms with Crippen molar-refractivity contribution in [2.75, 3.05) is 19.8 Å². The number of hydrogen-bond acceptors (Lipinski definition) is 4. The maximum atomic E-state index is 12.2. The van der Waals surface area contributed by atoms with Gasteiger partial charge in [-0.3, -0.25) is 9.59 Å². The molecule has 0 aromatic heterocycles. The summed E-state index contributed by atoms with van der Waals surface area (Å²) in [7, 11) is 0. The van der Waals surface area contributed by atoms with Gasteiger partial charge in [-0.25, -0.2) is 0 Å². The average molecular weight is 291 g/mol. The van der Waals surface area contributed by atoms with Crippen LogP contribution in [0.4, 0.5) is 0 Å². The highest BCUT2D eigenvalue weighted by Gasteiger charge is 2.32. The Balaban J connectivity index is 1.80. The van der Waals surface area contributed by atoms with Crippen LogP contribution in [-0.2, 0) is 14.3 Å². The topological polar surface area (TPSA) is 55.8 Å². The molecule has 1 aliphatic carbocycles. The smallest absolute Gasteiger partial charge is 0.307 e. The molecule has 0 radical (unpaired) electrons. The van der Waals surface area contributed by atoms with Crippen molar-refractivity contribution in [2.45, 2.75) is 32.2 Å². The number of ether oxygens (including phenoxy) is 2. The first-order chi connectivity index (χ1) is 10.2. The molecule has 0 spiro atoms. The molecule has 0 unspecified atom stereocenters. The maximum Gasteiger partial charge on any atom is 0.307 e. The molecule has 1 amide bonds. The normalized spacial score (nSPS) is 13.6. The lowest BCUT2D eigenvalue weighted by atomic mass is 10.3. The Morgan fingerprint density at radius 1 is 1.24 bits per heavy atom. The molecule has 1 aliphatic rings. The maximum absolute atomic E-state index is 12.2. The van der Waals surface area contributed by atoms with Crippen molar-refractivity contribution in [2.24, 2.45) is 0 Å². The van der Waals surface area contributed by atoms with Gasteiger partial charge in [0, 0.05) is 12.6 Å². The molecule has 0 bridgehead atoms. The SMILES string of the molecule is CCOC(=O)CCN(C(=O)COc1ccccc1)C1CC1. The molecule has 5 nitrogen and oxygen atoms in total. The zero-order chi connectivity index (χ0) is 15.1. The highest BCUT2D eigenvalue weighted by molar-refractivity contribution is 5.79. The van der Waals surface area contributed by atoms with E-state index in [1.54, 1.807) is 11.8 Å². The number of para-hydroxylation sites is 1. The first-order valence-electron chi connectivity index (χ1n) is 7.33. The van der Waals surface area contributed by atoms with E-state index in [1.807, 2.05) is 30.3 Å². The third-order valence-electron chi connectivity index (χ3n) is 3.28. The van der Waals surface area contributed by atoms with E-state index in [9.17, 15) is 9.59 Å². The number of carbonyl (C=O) groups excluding carboxylic acids is 2. The lowest BCUT2D eigenvalue weighted by molar-refractivity contribution is -0.144. The Morgan fingerprint density at radius 3 is 2.57 bits per heavy atom. The second-order valence-electron chi connectivity index (χ2n) is 4.98. The molecule has 1 aromatic rings. The van der Waals surface area contributed by atoms with Crippen molar-refractivity contribution < 1.29 is 19.1 Å². The van der Waals surface area contributed by atoms with Crippen LogP contribution in [0.25, 0.3) is 0 Å². The van der Waals surface area contributed by atoms with Crippen LogP contribution in [0.2, 0.25) is 0 Å². The molecule has 0 N–H and O–H groups in total. The quantitative estimate of drug-likeness (QED) is 0.688. The number of esters is 1. The predicted octanol–water partition coefficient (Wildman–Crippen LogP) is 2.01. The summed E-state index contributed by atoms with van der Waals surface area (Å²) in [5.41, 5.74) is 0. The molecule has 0 heterocycles. The average Bonchev–Trinajstić information content (AvgIpc) is 3.31. The summed E-state index contributed by atoms with van der Waals surface area (Å²) in [6, 6.07) is 9.50. The number of rotatable bonds is 8. The van der Waals surface area contributed by atoms with Gasteiger partial charge < -0.3 is 14.4 Å². The summed E-state index contributed by atoms with van der Waals surface area (Å²) in [4.78, 5) is 25.4.